The minimum atomic E-state index is -0.187. The molecule has 0 bridgehead atoms. The Morgan fingerprint density at radius 3 is 2.50 bits per heavy atom. The van der Waals surface area contributed by atoms with Crippen molar-refractivity contribution in [3.05, 3.63) is 28.8 Å². The van der Waals surface area contributed by atoms with Crippen LogP contribution in [-0.2, 0) is 0 Å². The fraction of sp³-hybridized carbons (Fsp3) is 0.400. The first-order valence-electron chi connectivity index (χ1n) is 4.31. The van der Waals surface area contributed by atoms with Gasteiger partial charge in [-0.05, 0) is 26.2 Å². The lowest BCUT2D eigenvalue weighted by Gasteiger charge is -2.21. The fourth-order valence-corrected chi connectivity index (χ4v) is 1.44. The monoisotopic (exact) mass is 214 g/mol. The summed E-state index contributed by atoms with van der Waals surface area (Å²) < 4.78 is 5.05. The number of hydrogen-bond donors (Lipinski definition) is 1. The summed E-state index contributed by atoms with van der Waals surface area (Å²) in [6, 6.07) is 5.50. The van der Waals surface area contributed by atoms with Crippen LogP contribution in [-0.4, -0.2) is 26.1 Å². The van der Waals surface area contributed by atoms with Crippen molar-refractivity contribution in [2.75, 3.05) is 21.2 Å². The van der Waals surface area contributed by atoms with Crippen LogP contribution in [0.3, 0.4) is 0 Å². The molecule has 0 aliphatic carbocycles. The summed E-state index contributed by atoms with van der Waals surface area (Å²) in [4.78, 5) is 1.90. The maximum atomic E-state index is 6.06. The second kappa shape index (κ2) is 4.64. The molecule has 0 fully saturated rings. The first kappa shape index (κ1) is 11.3. The second-order valence-corrected chi connectivity index (χ2v) is 3.70. The molecule has 0 aliphatic rings. The number of halogens is 1. The Kier molecular flexibility index (Phi) is 3.75. The lowest BCUT2D eigenvalue weighted by atomic mass is 10.1. The van der Waals surface area contributed by atoms with Crippen molar-refractivity contribution >= 4 is 11.6 Å². The molecule has 0 spiro atoms. The van der Waals surface area contributed by atoms with Gasteiger partial charge in [0, 0.05) is 5.56 Å². The van der Waals surface area contributed by atoms with Crippen molar-refractivity contribution < 1.29 is 4.74 Å². The topological polar surface area (TPSA) is 38.5 Å². The summed E-state index contributed by atoms with van der Waals surface area (Å²) in [5.74, 6) is 0.740. The van der Waals surface area contributed by atoms with Crippen molar-refractivity contribution in [2.24, 2.45) is 5.73 Å². The van der Waals surface area contributed by atoms with Crippen LogP contribution in [0.15, 0.2) is 18.2 Å². The quantitative estimate of drug-likeness (QED) is 0.781. The van der Waals surface area contributed by atoms with E-state index in [9.17, 15) is 0 Å². The largest absolute Gasteiger partial charge is 0.497 e. The smallest absolute Gasteiger partial charge is 0.120 e. The summed E-state index contributed by atoms with van der Waals surface area (Å²) in [6.07, 6.45) is -0.187. The van der Waals surface area contributed by atoms with E-state index in [1.807, 2.05) is 31.1 Å². The van der Waals surface area contributed by atoms with E-state index in [4.69, 9.17) is 22.1 Å². The van der Waals surface area contributed by atoms with Gasteiger partial charge in [-0.3, -0.25) is 4.90 Å². The average molecular weight is 215 g/mol. The highest BCUT2D eigenvalue weighted by Gasteiger charge is 2.12. The molecule has 0 heterocycles. The molecule has 1 atom stereocenters. The zero-order valence-corrected chi connectivity index (χ0v) is 9.38. The molecule has 1 unspecified atom stereocenters. The fourth-order valence-electron chi connectivity index (χ4n) is 1.15. The van der Waals surface area contributed by atoms with Gasteiger partial charge in [0.25, 0.3) is 0 Å². The number of benzene rings is 1. The Balaban J connectivity index is 2.99. The van der Waals surface area contributed by atoms with Gasteiger partial charge in [0.1, 0.15) is 5.75 Å². The minimum absolute atomic E-state index is 0.187. The molecule has 0 aromatic heterocycles. The van der Waals surface area contributed by atoms with E-state index < -0.39 is 0 Å². The Bertz CT molecular complexity index is 315. The van der Waals surface area contributed by atoms with Crippen LogP contribution in [0.25, 0.3) is 0 Å². The van der Waals surface area contributed by atoms with Gasteiger partial charge in [0.05, 0.1) is 18.3 Å². The third kappa shape index (κ3) is 2.38. The van der Waals surface area contributed by atoms with E-state index in [-0.39, 0.29) is 6.17 Å². The van der Waals surface area contributed by atoms with Crippen molar-refractivity contribution in [3.63, 3.8) is 0 Å². The summed E-state index contributed by atoms with van der Waals surface area (Å²) in [5.41, 5.74) is 6.83. The van der Waals surface area contributed by atoms with E-state index in [0.717, 1.165) is 11.3 Å². The van der Waals surface area contributed by atoms with Crippen molar-refractivity contribution in [3.8, 4) is 5.75 Å². The highest BCUT2D eigenvalue weighted by atomic mass is 35.5. The summed E-state index contributed by atoms with van der Waals surface area (Å²) in [6.45, 7) is 0. The van der Waals surface area contributed by atoms with Gasteiger partial charge in [-0.1, -0.05) is 17.7 Å². The van der Waals surface area contributed by atoms with Crippen LogP contribution in [0.1, 0.15) is 11.7 Å². The Morgan fingerprint density at radius 2 is 2.07 bits per heavy atom. The van der Waals surface area contributed by atoms with E-state index in [1.54, 1.807) is 13.2 Å². The Hall–Kier alpha value is -0.770. The van der Waals surface area contributed by atoms with E-state index >= 15 is 0 Å². The molecule has 0 aliphatic heterocycles. The van der Waals surface area contributed by atoms with Crippen molar-refractivity contribution in [1.29, 1.82) is 0 Å². The Morgan fingerprint density at radius 1 is 1.43 bits per heavy atom. The first-order chi connectivity index (χ1) is 6.56. The number of rotatable bonds is 3. The van der Waals surface area contributed by atoms with Crippen LogP contribution in [0.2, 0.25) is 5.02 Å². The molecule has 1 rings (SSSR count). The van der Waals surface area contributed by atoms with Gasteiger partial charge in [-0.2, -0.15) is 0 Å². The van der Waals surface area contributed by atoms with Crippen LogP contribution in [0.5, 0.6) is 5.75 Å². The molecule has 78 valence electrons. The molecule has 2 N–H and O–H groups in total. The van der Waals surface area contributed by atoms with Gasteiger partial charge >= 0.3 is 0 Å². The third-order valence-electron chi connectivity index (χ3n) is 2.08. The summed E-state index contributed by atoms with van der Waals surface area (Å²) in [7, 11) is 5.42. The normalized spacial score (nSPS) is 13.0. The lowest BCUT2D eigenvalue weighted by Crippen LogP contribution is -2.27. The molecule has 1 aromatic rings. The molecule has 3 nitrogen and oxygen atoms in total. The first-order valence-corrected chi connectivity index (χ1v) is 4.69. The highest BCUT2D eigenvalue weighted by molar-refractivity contribution is 6.31. The van der Waals surface area contributed by atoms with E-state index in [1.165, 1.54) is 0 Å². The van der Waals surface area contributed by atoms with Crippen LogP contribution in [0.4, 0.5) is 0 Å². The SMILES string of the molecule is COc1ccc(C(N)N(C)C)c(Cl)c1. The molecule has 0 radical (unpaired) electrons. The zero-order chi connectivity index (χ0) is 10.7. The van der Waals surface area contributed by atoms with Crippen LogP contribution in [0, 0.1) is 0 Å². The minimum Gasteiger partial charge on any atom is -0.497 e. The van der Waals surface area contributed by atoms with Gasteiger partial charge < -0.3 is 10.5 Å². The maximum Gasteiger partial charge on any atom is 0.120 e. The average Bonchev–Trinajstić information content (AvgIpc) is 2.16. The highest BCUT2D eigenvalue weighted by Crippen LogP contribution is 2.26. The second-order valence-electron chi connectivity index (χ2n) is 3.30. The molecule has 0 amide bonds. The van der Waals surface area contributed by atoms with Gasteiger partial charge in [-0.15, -0.1) is 0 Å². The van der Waals surface area contributed by atoms with Gasteiger partial charge in [0.2, 0.25) is 0 Å². The van der Waals surface area contributed by atoms with Gasteiger partial charge in [-0.25, -0.2) is 0 Å². The maximum absolute atomic E-state index is 6.06. The molecule has 0 saturated heterocycles. The van der Waals surface area contributed by atoms with Crippen LogP contribution >= 0.6 is 11.6 Å². The number of nitrogens with two attached hydrogens (primary N) is 1. The van der Waals surface area contributed by atoms with Crippen molar-refractivity contribution in [2.45, 2.75) is 6.17 Å². The third-order valence-corrected chi connectivity index (χ3v) is 2.41. The number of methoxy groups -OCH3 is 1. The number of nitrogens with zero attached hydrogens (tertiary/aromatic N) is 1. The summed E-state index contributed by atoms with van der Waals surface area (Å²) >= 11 is 6.06. The van der Waals surface area contributed by atoms with Crippen molar-refractivity contribution in [1.82, 2.24) is 4.90 Å². The predicted octanol–water partition coefficient (Wildman–Crippen LogP) is 1.87. The molecule has 0 saturated carbocycles. The molecular weight excluding hydrogens is 200 g/mol. The number of hydrogen-bond acceptors (Lipinski definition) is 3. The van der Waals surface area contributed by atoms with E-state index in [2.05, 4.69) is 0 Å². The number of ether oxygens (including phenoxy) is 1. The standard InChI is InChI=1S/C10H15ClN2O/c1-13(2)10(12)8-5-4-7(14-3)6-9(8)11/h4-6,10H,12H2,1-3H3. The molecular formula is C10H15ClN2O. The molecule has 1 aromatic carbocycles. The van der Waals surface area contributed by atoms with Crippen LogP contribution < -0.4 is 10.5 Å². The Labute approximate surface area is 89.4 Å². The molecule has 14 heavy (non-hydrogen) atoms. The molecule has 4 heteroatoms. The summed E-state index contributed by atoms with van der Waals surface area (Å²) in [5, 5.41) is 0.630. The predicted molar refractivity (Wildman–Crippen MR) is 58.6 cm³/mol. The van der Waals surface area contributed by atoms with E-state index in [0.29, 0.717) is 5.02 Å². The zero-order valence-electron chi connectivity index (χ0n) is 8.62. The van der Waals surface area contributed by atoms with Gasteiger partial charge in [0.15, 0.2) is 0 Å². The lowest BCUT2D eigenvalue weighted by molar-refractivity contribution is 0.307.